The van der Waals surface area contributed by atoms with E-state index in [-0.39, 0.29) is 18.4 Å². The molecule has 0 aromatic heterocycles. The quantitative estimate of drug-likeness (QED) is 0.809. The standard InChI is InChI=1S/C20H24N2O3/c1-4-21-20(24)16-10-5-7-11-17(16)22-19(23)13-25-18-12-8-6-9-15(18)14(2)3/h5-12,14H,4,13H2,1-3H3,(H,21,24)(H,22,23). The molecule has 2 amide bonds. The smallest absolute Gasteiger partial charge is 0.262 e. The Bertz CT molecular complexity index is 741. The molecule has 0 aliphatic carbocycles. The predicted molar refractivity (Wildman–Crippen MR) is 99.1 cm³/mol. The SMILES string of the molecule is CCNC(=O)c1ccccc1NC(=O)COc1ccccc1C(C)C. The van der Waals surface area contributed by atoms with Crippen molar-refractivity contribution in [1.82, 2.24) is 5.32 Å². The molecule has 0 saturated heterocycles. The van der Waals surface area contributed by atoms with Crippen molar-refractivity contribution in [1.29, 1.82) is 0 Å². The van der Waals surface area contributed by atoms with E-state index in [9.17, 15) is 9.59 Å². The molecule has 25 heavy (non-hydrogen) atoms. The minimum atomic E-state index is -0.310. The summed E-state index contributed by atoms with van der Waals surface area (Å²) in [5.41, 5.74) is 1.96. The number of carbonyl (C=O) groups is 2. The lowest BCUT2D eigenvalue weighted by molar-refractivity contribution is -0.118. The second-order valence-electron chi connectivity index (χ2n) is 5.93. The zero-order valence-corrected chi connectivity index (χ0v) is 14.8. The summed E-state index contributed by atoms with van der Waals surface area (Å²) in [6.07, 6.45) is 0. The van der Waals surface area contributed by atoms with Gasteiger partial charge in [-0.1, -0.05) is 44.2 Å². The number of rotatable bonds is 7. The Morgan fingerprint density at radius 3 is 2.44 bits per heavy atom. The third kappa shape index (κ3) is 5.08. The number of anilines is 1. The molecule has 0 aliphatic heterocycles. The molecule has 2 aromatic rings. The Morgan fingerprint density at radius 1 is 1.04 bits per heavy atom. The van der Waals surface area contributed by atoms with Crippen LogP contribution in [0.5, 0.6) is 5.75 Å². The summed E-state index contributed by atoms with van der Waals surface area (Å²) in [6.45, 7) is 6.40. The molecular weight excluding hydrogens is 316 g/mol. The van der Waals surface area contributed by atoms with Gasteiger partial charge in [0.05, 0.1) is 11.3 Å². The van der Waals surface area contributed by atoms with Crippen molar-refractivity contribution in [2.75, 3.05) is 18.5 Å². The lowest BCUT2D eigenvalue weighted by Crippen LogP contribution is -2.26. The highest BCUT2D eigenvalue weighted by molar-refractivity contribution is 6.04. The number of hydrogen-bond acceptors (Lipinski definition) is 3. The lowest BCUT2D eigenvalue weighted by Gasteiger charge is -2.14. The average Bonchev–Trinajstić information content (AvgIpc) is 2.60. The van der Waals surface area contributed by atoms with Gasteiger partial charge in [0.2, 0.25) is 0 Å². The molecule has 0 radical (unpaired) electrons. The molecule has 0 atom stereocenters. The lowest BCUT2D eigenvalue weighted by atomic mass is 10.0. The summed E-state index contributed by atoms with van der Waals surface area (Å²) in [4.78, 5) is 24.3. The minimum Gasteiger partial charge on any atom is -0.483 e. The first kappa shape index (κ1) is 18.5. The van der Waals surface area contributed by atoms with Crippen molar-refractivity contribution in [3.63, 3.8) is 0 Å². The first-order valence-corrected chi connectivity index (χ1v) is 8.41. The van der Waals surface area contributed by atoms with Gasteiger partial charge in [-0.25, -0.2) is 0 Å². The topological polar surface area (TPSA) is 67.4 Å². The number of hydrogen-bond donors (Lipinski definition) is 2. The van der Waals surface area contributed by atoms with E-state index in [4.69, 9.17) is 4.74 Å². The zero-order chi connectivity index (χ0) is 18.2. The van der Waals surface area contributed by atoms with E-state index >= 15 is 0 Å². The fourth-order valence-corrected chi connectivity index (χ4v) is 2.46. The van der Waals surface area contributed by atoms with Crippen LogP contribution < -0.4 is 15.4 Å². The summed E-state index contributed by atoms with van der Waals surface area (Å²) in [6, 6.07) is 14.6. The summed E-state index contributed by atoms with van der Waals surface area (Å²) in [5.74, 6) is 0.474. The first-order valence-electron chi connectivity index (χ1n) is 8.41. The van der Waals surface area contributed by atoms with Crippen LogP contribution in [0, 0.1) is 0 Å². The molecule has 0 unspecified atom stereocenters. The van der Waals surface area contributed by atoms with E-state index in [1.54, 1.807) is 24.3 Å². The van der Waals surface area contributed by atoms with Crippen LogP contribution in [-0.2, 0) is 4.79 Å². The molecular formula is C20H24N2O3. The van der Waals surface area contributed by atoms with Gasteiger partial charge in [-0.3, -0.25) is 9.59 Å². The number of para-hydroxylation sites is 2. The van der Waals surface area contributed by atoms with Gasteiger partial charge in [-0.15, -0.1) is 0 Å². The van der Waals surface area contributed by atoms with Gasteiger partial charge in [0.15, 0.2) is 6.61 Å². The average molecular weight is 340 g/mol. The summed E-state index contributed by atoms with van der Waals surface area (Å²) >= 11 is 0. The maximum absolute atomic E-state index is 12.2. The van der Waals surface area contributed by atoms with Crippen LogP contribution in [0.1, 0.15) is 42.6 Å². The van der Waals surface area contributed by atoms with E-state index in [0.29, 0.717) is 29.5 Å². The second kappa shape index (κ2) is 8.87. The minimum absolute atomic E-state index is 0.118. The van der Waals surface area contributed by atoms with Crippen molar-refractivity contribution in [2.45, 2.75) is 26.7 Å². The molecule has 132 valence electrons. The Hall–Kier alpha value is -2.82. The van der Waals surface area contributed by atoms with Crippen LogP contribution in [0.15, 0.2) is 48.5 Å². The van der Waals surface area contributed by atoms with Gasteiger partial charge in [0.1, 0.15) is 5.75 Å². The normalized spacial score (nSPS) is 10.4. The Balaban J connectivity index is 2.03. The van der Waals surface area contributed by atoms with E-state index in [0.717, 1.165) is 5.56 Å². The van der Waals surface area contributed by atoms with Gasteiger partial charge in [-0.2, -0.15) is 0 Å². The number of amides is 2. The Labute approximate surface area is 148 Å². The molecule has 2 N–H and O–H groups in total. The van der Waals surface area contributed by atoms with Gasteiger partial charge in [0.25, 0.3) is 11.8 Å². The largest absolute Gasteiger partial charge is 0.483 e. The maximum atomic E-state index is 12.2. The fraction of sp³-hybridized carbons (Fsp3) is 0.300. The van der Waals surface area contributed by atoms with Crippen molar-refractivity contribution >= 4 is 17.5 Å². The van der Waals surface area contributed by atoms with E-state index in [1.165, 1.54) is 0 Å². The summed E-state index contributed by atoms with van der Waals surface area (Å²) in [7, 11) is 0. The van der Waals surface area contributed by atoms with E-state index in [2.05, 4.69) is 24.5 Å². The molecule has 5 heteroatoms. The van der Waals surface area contributed by atoms with Crippen molar-refractivity contribution in [2.24, 2.45) is 0 Å². The van der Waals surface area contributed by atoms with E-state index in [1.807, 2.05) is 31.2 Å². The molecule has 0 spiro atoms. The summed E-state index contributed by atoms with van der Waals surface area (Å²) in [5, 5.41) is 5.48. The van der Waals surface area contributed by atoms with Crippen molar-refractivity contribution < 1.29 is 14.3 Å². The zero-order valence-electron chi connectivity index (χ0n) is 14.8. The van der Waals surface area contributed by atoms with Gasteiger partial charge < -0.3 is 15.4 Å². The molecule has 0 fully saturated rings. The van der Waals surface area contributed by atoms with Gasteiger partial charge in [-0.05, 0) is 36.6 Å². The predicted octanol–water partition coefficient (Wildman–Crippen LogP) is 3.58. The van der Waals surface area contributed by atoms with Crippen LogP contribution in [-0.4, -0.2) is 25.0 Å². The van der Waals surface area contributed by atoms with Crippen LogP contribution in [0.2, 0.25) is 0 Å². The van der Waals surface area contributed by atoms with Crippen molar-refractivity contribution in [3.8, 4) is 5.75 Å². The first-order chi connectivity index (χ1) is 12.0. The highest BCUT2D eigenvalue weighted by Gasteiger charge is 2.13. The van der Waals surface area contributed by atoms with Crippen LogP contribution in [0.25, 0.3) is 0 Å². The van der Waals surface area contributed by atoms with E-state index < -0.39 is 0 Å². The molecule has 5 nitrogen and oxygen atoms in total. The molecule has 0 saturated carbocycles. The van der Waals surface area contributed by atoms with Crippen LogP contribution >= 0.6 is 0 Å². The highest BCUT2D eigenvalue weighted by Crippen LogP contribution is 2.25. The molecule has 0 aliphatic rings. The monoisotopic (exact) mass is 340 g/mol. The third-order valence-electron chi connectivity index (χ3n) is 3.68. The van der Waals surface area contributed by atoms with Gasteiger partial charge >= 0.3 is 0 Å². The molecule has 2 aromatic carbocycles. The highest BCUT2D eigenvalue weighted by atomic mass is 16.5. The van der Waals surface area contributed by atoms with Crippen LogP contribution in [0.3, 0.4) is 0 Å². The summed E-state index contributed by atoms with van der Waals surface area (Å²) < 4.78 is 5.67. The number of benzene rings is 2. The molecule has 0 bridgehead atoms. The number of carbonyl (C=O) groups excluding carboxylic acids is 2. The number of nitrogens with one attached hydrogen (secondary N) is 2. The molecule has 2 rings (SSSR count). The van der Waals surface area contributed by atoms with Gasteiger partial charge in [0, 0.05) is 6.54 Å². The number of ether oxygens (including phenoxy) is 1. The Morgan fingerprint density at radius 2 is 1.72 bits per heavy atom. The molecule has 0 heterocycles. The second-order valence-corrected chi connectivity index (χ2v) is 5.93. The Kier molecular flexibility index (Phi) is 6.57. The maximum Gasteiger partial charge on any atom is 0.262 e. The van der Waals surface area contributed by atoms with Crippen LogP contribution in [0.4, 0.5) is 5.69 Å². The fourth-order valence-electron chi connectivity index (χ4n) is 2.46. The third-order valence-corrected chi connectivity index (χ3v) is 3.68. The van der Waals surface area contributed by atoms with Crippen molar-refractivity contribution in [3.05, 3.63) is 59.7 Å².